The van der Waals surface area contributed by atoms with E-state index in [0.29, 0.717) is 23.8 Å². The summed E-state index contributed by atoms with van der Waals surface area (Å²) in [7, 11) is 1.78. The highest BCUT2D eigenvalue weighted by atomic mass is 16.5. The van der Waals surface area contributed by atoms with Crippen molar-refractivity contribution in [1.82, 2.24) is 10.2 Å². The van der Waals surface area contributed by atoms with Crippen LogP contribution < -0.4 is 10.1 Å². The van der Waals surface area contributed by atoms with Crippen LogP contribution in [0.25, 0.3) is 0 Å². The van der Waals surface area contributed by atoms with Gasteiger partial charge in [-0.05, 0) is 79.5 Å². The molecule has 2 saturated heterocycles. The van der Waals surface area contributed by atoms with Crippen molar-refractivity contribution in [1.29, 1.82) is 0 Å². The minimum Gasteiger partial charge on any atom is -0.496 e. The summed E-state index contributed by atoms with van der Waals surface area (Å²) in [4.78, 5) is 17.0. The van der Waals surface area contributed by atoms with Crippen molar-refractivity contribution in [3.63, 3.8) is 0 Å². The minimum atomic E-state index is -0.105. The van der Waals surface area contributed by atoms with Gasteiger partial charge in [0.25, 0.3) is 0 Å². The van der Waals surface area contributed by atoms with E-state index in [1.165, 1.54) is 48.8 Å². The van der Waals surface area contributed by atoms with Gasteiger partial charge in [0, 0.05) is 31.1 Å². The SMILES string of the molecule is COc1cccc2c1CCCC21CNCC1C(=O)N1CCC(c2ccccc2)CC1C1CCCCC1. The summed E-state index contributed by atoms with van der Waals surface area (Å²) < 4.78 is 5.76. The number of benzene rings is 2. The fourth-order valence-corrected chi connectivity index (χ4v) is 8.29. The Labute approximate surface area is 216 Å². The van der Waals surface area contributed by atoms with Gasteiger partial charge >= 0.3 is 0 Å². The van der Waals surface area contributed by atoms with Crippen molar-refractivity contribution >= 4 is 5.91 Å². The van der Waals surface area contributed by atoms with E-state index in [4.69, 9.17) is 4.74 Å². The first-order valence-corrected chi connectivity index (χ1v) is 14.4. The fraction of sp³-hybridized carbons (Fsp3) is 0.594. The Morgan fingerprint density at radius 2 is 1.83 bits per heavy atom. The van der Waals surface area contributed by atoms with E-state index in [2.05, 4.69) is 58.7 Å². The number of methoxy groups -OCH3 is 1. The zero-order chi connectivity index (χ0) is 24.5. The molecular weight excluding hydrogens is 444 g/mol. The van der Waals surface area contributed by atoms with Crippen molar-refractivity contribution < 1.29 is 9.53 Å². The number of hydrogen-bond acceptors (Lipinski definition) is 3. The first-order valence-electron chi connectivity index (χ1n) is 14.4. The number of ether oxygens (including phenoxy) is 1. The minimum absolute atomic E-state index is 0.0167. The maximum Gasteiger partial charge on any atom is 0.228 e. The van der Waals surface area contributed by atoms with Crippen LogP contribution in [0.1, 0.15) is 80.4 Å². The maximum atomic E-state index is 14.6. The Balaban J connectivity index is 1.31. The van der Waals surface area contributed by atoms with Crippen molar-refractivity contribution in [2.75, 3.05) is 26.7 Å². The number of rotatable bonds is 4. The molecule has 3 fully saturated rings. The average molecular weight is 487 g/mol. The molecule has 0 aromatic heterocycles. The molecule has 1 N–H and O–H groups in total. The number of likely N-dealkylation sites (tertiary alicyclic amines) is 1. The second kappa shape index (κ2) is 10.2. The number of carbonyl (C=O) groups excluding carboxylic acids is 1. The number of piperidine rings is 1. The molecule has 4 heteroatoms. The van der Waals surface area contributed by atoms with E-state index >= 15 is 0 Å². The second-order valence-electron chi connectivity index (χ2n) is 11.8. The largest absolute Gasteiger partial charge is 0.496 e. The summed E-state index contributed by atoms with van der Waals surface area (Å²) in [6.45, 7) is 2.60. The molecule has 36 heavy (non-hydrogen) atoms. The molecule has 1 saturated carbocycles. The zero-order valence-electron chi connectivity index (χ0n) is 21.9. The molecule has 0 radical (unpaired) electrons. The smallest absolute Gasteiger partial charge is 0.228 e. The molecular formula is C32H42N2O2. The van der Waals surface area contributed by atoms with Gasteiger partial charge in [-0.1, -0.05) is 61.7 Å². The van der Waals surface area contributed by atoms with Crippen LogP contribution in [0.5, 0.6) is 5.75 Å². The molecule has 2 aliphatic heterocycles. The molecule has 192 valence electrons. The van der Waals surface area contributed by atoms with Crippen LogP contribution in [0.15, 0.2) is 48.5 Å². The fourth-order valence-electron chi connectivity index (χ4n) is 8.29. The van der Waals surface area contributed by atoms with Gasteiger partial charge in [0.05, 0.1) is 13.0 Å². The zero-order valence-corrected chi connectivity index (χ0v) is 21.9. The standard InChI is InChI=1S/C32H42N2O2/c1-36-30-16-8-15-27-26(30)14-9-18-32(27)22-33-21-28(32)31(35)34-19-17-25(23-10-4-2-5-11-23)20-29(34)24-12-6-3-7-13-24/h2,4-5,8,10-11,15-16,24-25,28-29,33H,3,6-7,9,12-14,17-22H2,1H3. The first kappa shape index (κ1) is 24.0. The molecule has 4 aliphatic rings. The summed E-state index contributed by atoms with van der Waals surface area (Å²) in [5.74, 6) is 2.64. The Kier molecular flexibility index (Phi) is 6.81. The van der Waals surface area contributed by atoms with E-state index in [0.717, 1.165) is 57.5 Å². The summed E-state index contributed by atoms with van der Waals surface area (Å²) in [6.07, 6.45) is 12.0. The highest BCUT2D eigenvalue weighted by molar-refractivity contribution is 5.82. The molecule has 4 atom stereocenters. The summed E-state index contributed by atoms with van der Waals surface area (Å²) in [5.41, 5.74) is 4.05. The van der Waals surface area contributed by atoms with Crippen molar-refractivity contribution in [2.45, 2.75) is 81.6 Å². The molecule has 4 nitrogen and oxygen atoms in total. The van der Waals surface area contributed by atoms with Gasteiger partial charge in [0.2, 0.25) is 5.91 Å². The highest BCUT2D eigenvalue weighted by Crippen LogP contribution is 2.49. The van der Waals surface area contributed by atoms with Crippen LogP contribution in [0.4, 0.5) is 0 Å². The third-order valence-electron chi connectivity index (χ3n) is 10.1. The predicted octanol–water partition coefficient (Wildman–Crippen LogP) is 5.84. The van der Waals surface area contributed by atoms with Gasteiger partial charge < -0.3 is 15.0 Å². The molecule has 4 unspecified atom stereocenters. The Morgan fingerprint density at radius 1 is 1.00 bits per heavy atom. The Hall–Kier alpha value is -2.33. The number of amides is 1. The number of nitrogens with zero attached hydrogens (tertiary/aromatic N) is 1. The molecule has 1 spiro atoms. The molecule has 2 heterocycles. The van der Waals surface area contributed by atoms with Gasteiger partial charge in [-0.3, -0.25) is 4.79 Å². The quantitative estimate of drug-likeness (QED) is 0.590. The first-order chi connectivity index (χ1) is 17.7. The van der Waals surface area contributed by atoms with Crippen LogP contribution >= 0.6 is 0 Å². The number of hydrogen-bond donors (Lipinski definition) is 1. The van der Waals surface area contributed by atoms with Gasteiger partial charge in [0.15, 0.2) is 0 Å². The predicted molar refractivity (Wildman–Crippen MR) is 144 cm³/mol. The summed E-state index contributed by atoms with van der Waals surface area (Å²) in [5, 5.41) is 3.67. The van der Waals surface area contributed by atoms with Crippen molar-refractivity contribution in [3.8, 4) is 5.75 Å². The van der Waals surface area contributed by atoms with Gasteiger partial charge in [0.1, 0.15) is 5.75 Å². The van der Waals surface area contributed by atoms with Crippen molar-refractivity contribution in [3.05, 3.63) is 65.2 Å². The second-order valence-corrected chi connectivity index (χ2v) is 11.8. The van der Waals surface area contributed by atoms with Crippen LogP contribution in [0.2, 0.25) is 0 Å². The van der Waals surface area contributed by atoms with Crippen LogP contribution in [0.3, 0.4) is 0 Å². The lowest BCUT2D eigenvalue weighted by molar-refractivity contribution is -0.143. The number of nitrogens with one attached hydrogen (secondary N) is 1. The Bertz CT molecular complexity index is 1060. The van der Waals surface area contributed by atoms with Gasteiger partial charge in [-0.2, -0.15) is 0 Å². The van der Waals surface area contributed by atoms with Gasteiger partial charge in [-0.25, -0.2) is 0 Å². The summed E-state index contributed by atoms with van der Waals surface area (Å²) >= 11 is 0. The highest BCUT2D eigenvalue weighted by Gasteiger charge is 2.52. The van der Waals surface area contributed by atoms with E-state index in [1.54, 1.807) is 7.11 Å². The van der Waals surface area contributed by atoms with Crippen molar-refractivity contribution in [2.24, 2.45) is 11.8 Å². The molecule has 2 aromatic rings. The molecule has 1 amide bonds. The van der Waals surface area contributed by atoms with E-state index in [1.807, 2.05) is 0 Å². The van der Waals surface area contributed by atoms with Crippen LogP contribution in [-0.2, 0) is 16.6 Å². The van der Waals surface area contributed by atoms with Crippen LogP contribution in [0, 0.1) is 11.8 Å². The van der Waals surface area contributed by atoms with E-state index < -0.39 is 0 Å². The van der Waals surface area contributed by atoms with Crippen LogP contribution in [-0.4, -0.2) is 43.6 Å². The third kappa shape index (κ3) is 4.16. The molecule has 2 aromatic carbocycles. The average Bonchev–Trinajstić information content (AvgIpc) is 3.37. The number of carbonyl (C=O) groups is 1. The lowest BCUT2D eigenvalue weighted by Crippen LogP contribution is -2.55. The number of fused-ring (bicyclic) bond motifs is 2. The van der Waals surface area contributed by atoms with E-state index in [-0.39, 0.29) is 11.3 Å². The van der Waals surface area contributed by atoms with E-state index in [9.17, 15) is 4.79 Å². The topological polar surface area (TPSA) is 41.6 Å². The lowest BCUT2D eigenvalue weighted by Gasteiger charge is -2.48. The summed E-state index contributed by atoms with van der Waals surface area (Å²) in [6, 6.07) is 17.9. The maximum absolute atomic E-state index is 14.6. The normalized spacial score (nSPS) is 30.8. The molecule has 6 rings (SSSR count). The third-order valence-corrected chi connectivity index (χ3v) is 10.1. The molecule has 2 aliphatic carbocycles. The monoisotopic (exact) mass is 486 g/mol. The molecule has 0 bridgehead atoms. The van der Waals surface area contributed by atoms with Gasteiger partial charge in [-0.15, -0.1) is 0 Å². The lowest BCUT2D eigenvalue weighted by atomic mass is 9.63. The Morgan fingerprint density at radius 3 is 2.64 bits per heavy atom.